The van der Waals surface area contributed by atoms with Gasteiger partial charge in [-0.25, -0.2) is 0 Å². The van der Waals surface area contributed by atoms with E-state index in [0.717, 1.165) is 13.1 Å². The topological polar surface area (TPSA) is 14.2 Å². The molecule has 0 aliphatic carbocycles. The lowest BCUT2D eigenvalue weighted by atomic mass is 10.1. The van der Waals surface area contributed by atoms with E-state index in [0.29, 0.717) is 0 Å². The quantitative estimate of drug-likeness (QED) is 0.0530. The van der Waals surface area contributed by atoms with E-state index in [9.17, 15) is 0 Å². The van der Waals surface area contributed by atoms with Gasteiger partial charge < -0.3 is 9.80 Å². The predicted molar refractivity (Wildman–Crippen MR) is 210 cm³/mol. The average Bonchev–Trinajstić information content (AvgIpc) is 3.09. The first-order valence-electron chi connectivity index (χ1n) is 17.1. The van der Waals surface area contributed by atoms with Gasteiger partial charge in [0.05, 0.1) is 0 Å². The number of aromatic nitrogens is 2. The second-order valence-electron chi connectivity index (χ2n) is 12.4. The molecular weight excluding hydrogens is 613 g/mol. The molecule has 0 bridgehead atoms. The molecule has 4 nitrogen and oxygen atoms in total. The monoisotopic (exact) mass is 666 g/mol. The Morgan fingerprint density at radius 1 is 0.468 bits per heavy atom. The van der Waals surface area contributed by atoms with Crippen LogP contribution in [0.1, 0.15) is 67.5 Å². The molecule has 0 saturated carbocycles. The maximum atomic E-state index is 2.38. The van der Waals surface area contributed by atoms with Crippen LogP contribution in [-0.4, -0.2) is 39.7 Å². The van der Waals surface area contributed by atoms with Gasteiger partial charge in [-0.1, -0.05) is 52.3 Å². The third kappa shape index (κ3) is 13.3. The van der Waals surface area contributed by atoms with Gasteiger partial charge in [-0.05, 0) is 85.4 Å². The molecule has 0 radical (unpaired) electrons. The van der Waals surface area contributed by atoms with E-state index in [1.807, 2.05) is 0 Å². The summed E-state index contributed by atoms with van der Waals surface area (Å²) in [6.45, 7) is 2.15. The van der Waals surface area contributed by atoms with Gasteiger partial charge in [0, 0.05) is 100 Å². The zero-order valence-electron chi connectivity index (χ0n) is 28.9. The fourth-order valence-electron chi connectivity index (χ4n) is 5.35. The van der Waals surface area contributed by atoms with Gasteiger partial charge in [0.25, 0.3) is 0 Å². The molecule has 0 aliphatic rings. The molecule has 47 heavy (non-hydrogen) atoms. The van der Waals surface area contributed by atoms with Gasteiger partial charge in [0.15, 0.2) is 12.4 Å². The molecule has 0 atom stereocenters. The molecule has 4 rings (SSSR count). The Morgan fingerprint density at radius 3 is 1.30 bits per heavy atom. The smallest absolute Gasteiger partial charge is 0.205 e. The Kier molecular flexibility index (Phi) is 16.0. The van der Waals surface area contributed by atoms with Crippen molar-refractivity contribution < 1.29 is 9.13 Å². The number of hydrogen-bond donors (Lipinski definition) is 0. The van der Waals surface area contributed by atoms with Crippen LogP contribution in [-0.2, 0) is 13.1 Å². The van der Waals surface area contributed by atoms with Crippen LogP contribution in [0.25, 0.3) is 24.3 Å². The van der Waals surface area contributed by atoms with Crippen LogP contribution in [0, 0.1) is 0 Å². The lowest BCUT2D eigenvalue weighted by molar-refractivity contribution is -0.699. The van der Waals surface area contributed by atoms with Crippen molar-refractivity contribution in [3.63, 3.8) is 0 Å². The third-order valence-electron chi connectivity index (χ3n) is 8.25. The first-order valence-corrected chi connectivity index (χ1v) is 19.6. The number of anilines is 2. The van der Waals surface area contributed by atoms with Crippen molar-refractivity contribution in [2.24, 2.45) is 0 Å². The highest BCUT2D eigenvalue weighted by atomic mass is 33.1. The Balaban J connectivity index is 1.03. The summed E-state index contributed by atoms with van der Waals surface area (Å²) in [5.41, 5.74) is 7.43. The summed E-state index contributed by atoms with van der Waals surface area (Å²) in [4.78, 5) is 4.26. The minimum Gasteiger partial charge on any atom is -0.378 e. The van der Waals surface area contributed by atoms with Crippen molar-refractivity contribution in [3.05, 3.63) is 120 Å². The molecule has 4 aromatic rings. The number of aryl methyl sites for hydroxylation is 2. The van der Waals surface area contributed by atoms with Crippen LogP contribution in [0.3, 0.4) is 0 Å². The molecule has 2 heterocycles. The molecule has 0 spiro atoms. The van der Waals surface area contributed by atoms with E-state index in [1.54, 1.807) is 0 Å². The van der Waals surface area contributed by atoms with Gasteiger partial charge in [0.2, 0.25) is 11.4 Å². The summed E-state index contributed by atoms with van der Waals surface area (Å²) in [5.74, 6) is 2.51. The molecule has 6 heteroatoms. The van der Waals surface area contributed by atoms with Crippen LogP contribution in [0.5, 0.6) is 0 Å². The number of rotatable bonds is 20. The largest absolute Gasteiger partial charge is 0.378 e. The number of unbranched alkanes of at least 4 members (excludes halogenated alkanes) is 5. The molecule has 2 aromatic carbocycles. The first-order chi connectivity index (χ1) is 23.0. The maximum Gasteiger partial charge on any atom is 0.205 e. The van der Waals surface area contributed by atoms with Crippen molar-refractivity contribution in [1.29, 1.82) is 0 Å². The molecule has 0 amide bonds. The van der Waals surface area contributed by atoms with Crippen LogP contribution in [0.15, 0.2) is 97.3 Å². The minimum absolute atomic E-state index is 1.07. The Morgan fingerprint density at radius 2 is 0.872 bits per heavy atom. The van der Waals surface area contributed by atoms with E-state index in [4.69, 9.17) is 0 Å². The molecular formula is C41H54N4S2+2. The molecule has 0 fully saturated rings. The highest BCUT2D eigenvalue weighted by Crippen LogP contribution is 2.24. The first kappa shape index (κ1) is 36.4. The molecule has 0 saturated heterocycles. The fraction of sp³-hybridized carbons (Fsp3) is 0.366. The van der Waals surface area contributed by atoms with Crippen LogP contribution in [0.4, 0.5) is 11.4 Å². The number of pyridine rings is 2. The van der Waals surface area contributed by atoms with Gasteiger partial charge in [-0.2, -0.15) is 9.13 Å². The Labute approximate surface area is 292 Å². The Hall–Kier alpha value is -3.48. The Bertz CT molecular complexity index is 1400. The zero-order valence-corrected chi connectivity index (χ0v) is 30.6. The SMILES string of the molecule is CN(C)c1ccc(/C=C/c2cccc[n+]2CCCCCCSSCCCCC[n+]2ccccc2/C=C/c2ccc(N(C)C)cc2)cc1. The van der Waals surface area contributed by atoms with Crippen molar-refractivity contribution in [3.8, 4) is 0 Å². The lowest BCUT2D eigenvalue weighted by Crippen LogP contribution is -2.36. The number of nitrogens with zero attached hydrogens (tertiary/aromatic N) is 4. The summed E-state index contributed by atoms with van der Waals surface area (Å²) < 4.78 is 4.76. The average molecular weight is 667 g/mol. The molecule has 0 N–H and O–H groups in total. The summed E-state index contributed by atoms with van der Waals surface area (Å²) >= 11 is 0. The zero-order chi connectivity index (χ0) is 33.1. The van der Waals surface area contributed by atoms with Crippen molar-refractivity contribution in [2.45, 2.75) is 58.0 Å². The van der Waals surface area contributed by atoms with Crippen LogP contribution >= 0.6 is 21.6 Å². The summed E-state index contributed by atoms with van der Waals surface area (Å²) in [7, 11) is 12.4. The summed E-state index contributed by atoms with van der Waals surface area (Å²) in [6, 6.07) is 30.4. The third-order valence-corrected chi connectivity index (χ3v) is 10.8. The van der Waals surface area contributed by atoms with Gasteiger partial charge >= 0.3 is 0 Å². The molecule has 0 aliphatic heterocycles. The van der Waals surface area contributed by atoms with Crippen molar-refractivity contribution in [2.75, 3.05) is 49.5 Å². The standard InChI is InChI=1S/C41H54N4S2/c1-42(2)38-24-18-36(19-25-38)22-28-40-16-8-12-32-44(40)30-10-5-6-14-34-46-47-35-15-7-11-31-45-33-13-9-17-41(45)29-23-37-20-26-39(27-21-37)43(3)4/h8-9,12-13,16-29,32-33H,5-7,10-11,14-15,30-31,34-35H2,1-4H3/q+2. The molecule has 248 valence electrons. The van der Waals surface area contributed by atoms with E-state index in [1.165, 1.54) is 90.3 Å². The number of hydrogen-bond acceptors (Lipinski definition) is 4. The number of benzene rings is 2. The minimum atomic E-state index is 1.07. The van der Waals surface area contributed by atoms with E-state index >= 15 is 0 Å². The molecule has 0 unspecified atom stereocenters. The lowest BCUT2D eigenvalue weighted by Gasteiger charge is -2.11. The predicted octanol–water partition coefficient (Wildman–Crippen LogP) is 9.55. The van der Waals surface area contributed by atoms with Crippen molar-refractivity contribution in [1.82, 2.24) is 0 Å². The van der Waals surface area contributed by atoms with Crippen molar-refractivity contribution >= 4 is 57.3 Å². The highest BCUT2D eigenvalue weighted by molar-refractivity contribution is 8.76. The normalized spacial score (nSPS) is 11.5. The summed E-state index contributed by atoms with van der Waals surface area (Å²) in [6.07, 6.45) is 22.3. The molecule has 2 aromatic heterocycles. The van der Waals surface area contributed by atoms with Gasteiger partial charge in [-0.15, -0.1) is 0 Å². The van der Waals surface area contributed by atoms with Gasteiger partial charge in [0.1, 0.15) is 13.1 Å². The highest BCUT2D eigenvalue weighted by Gasteiger charge is 2.08. The second kappa shape index (κ2) is 20.7. The maximum absolute atomic E-state index is 2.38. The fourth-order valence-corrected chi connectivity index (χ4v) is 7.65. The van der Waals surface area contributed by atoms with Gasteiger partial charge in [-0.3, -0.25) is 0 Å². The summed E-state index contributed by atoms with van der Waals surface area (Å²) in [5, 5.41) is 0. The van der Waals surface area contributed by atoms with E-state index < -0.39 is 0 Å². The van der Waals surface area contributed by atoms with E-state index in [-0.39, 0.29) is 0 Å². The van der Waals surface area contributed by atoms with Crippen LogP contribution in [0.2, 0.25) is 0 Å². The van der Waals surface area contributed by atoms with Crippen LogP contribution < -0.4 is 18.9 Å². The van der Waals surface area contributed by atoms with E-state index in [2.05, 4.69) is 190 Å². The second-order valence-corrected chi connectivity index (χ2v) is 15.1.